The van der Waals surface area contributed by atoms with E-state index < -0.39 is 12.2 Å². The molecular weight excluding hydrogens is 140 g/mol. The zero-order valence-electron chi connectivity index (χ0n) is 6.83. The predicted octanol–water partition coefficient (Wildman–Crippen LogP) is 0.588. The van der Waals surface area contributed by atoms with E-state index in [0.717, 1.165) is 12.8 Å². The Morgan fingerprint density at radius 1 is 1.36 bits per heavy atom. The van der Waals surface area contributed by atoms with E-state index in [4.69, 9.17) is 0 Å². The number of aliphatic hydroxyl groups is 2. The van der Waals surface area contributed by atoms with Gasteiger partial charge in [-0.1, -0.05) is 6.92 Å². The minimum atomic E-state index is -0.517. The van der Waals surface area contributed by atoms with Gasteiger partial charge < -0.3 is 10.2 Å². The first-order chi connectivity index (χ1) is 5.02. The molecule has 2 heteroatoms. The van der Waals surface area contributed by atoms with Crippen LogP contribution in [0.25, 0.3) is 0 Å². The first-order valence-electron chi connectivity index (χ1n) is 4.24. The van der Waals surface area contributed by atoms with Gasteiger partial charge in [0.2, 0.25) is 0 Å². The smallest absolute Gasteiger partial charge is 0.0835 e. The topological polar surface area (TPSA) is 40.5 Å². The molecule has 2 rings (SSSR count). The average molecular weight is 155 g/mol. The molecule has 0 spiro atoms. The van der Waals surface area contributed by atoms with Gasteiger partial charge in [0.15, 0.2) is 0 Å². The lowest BCUT2D eigenvalue weighted by atomic mass is 9.74. The maximum absolute atomic E-state index is 9.53. The molecule has 5 atom stereocenters. The second kappa shape index (κ2) is 1.99. The van der Waals surface area contributed by atoms with Gasteiger partial charge in [0.25, 0.3) is 0 Å². The summed E-state index contributed by atoms with van der Waals surface area (Å²) in [5.41, 5.74) is 0.00329. The first-order valence-corrected chi connectivity index (χ1v) is 4.24. The monoisotopic (exact) mass is 155 g/mol. The predicted molar refractivity (Wildman–Crippen MR) is 41.7 cm³/mol. The molecule has 2 aliphatic carbocycles. The van der Waals surface area contributed by atoms with Crippen molar-refractivity contribution in [2.45, 2.75) is 32.0 Å². The highest BCUT2D eigenvalue weighted by Crippen LogP contribution is 2.55. The third-order valence-electron chi connectivity index (χ3n) is 3.43. The Hall–Kier alpha value is -0.0800. The third-order valence-corrected chi connectivity index (χ3v) is 3.43. The summed E-state index contributed by atoms with van der Waals surface area (Å²) in [5, 5.41) is 19.0. The van der Waals surface area contributed by atoms with Crippen molar-refractivity contribution < 1.29 is 10.2 Å². The van der Waals surface area contributed by atoms with E-state index in [2.05, 4.69) is 13.8 Å². The molecule has 0 amide bonds. The summed E-state index contributed by atoms with van der Waals surface area (Å²) < 4.78 is 0. The molecule has 0 saturated heterocycles. The molecule has 5 unspecified atom stereocenters. The van der Waals surface area contributed by atoms with Crippen LogP contribution in [0.1, 0.15) is 19.8 Å². The van der Waals surface area contributed by atoms with Crippen LogP contribution in [-0.2, 0) is 0 Å². The largest absolute Gasteiger partial charge is 0.390 e. The third kappa shape index (κ3) is 0.859. The van der Waals surface area contributed by atoms with Crippen LogP contribution in [0.5, 0.6) is 0 Å². The molecule has 0 aromatic carbocycles. The minimum absolute atomic E-state index is 0.00329. The van der Waals surface area contributed by atoms with Gasteiger partial charge in [-0.3, -0.25) is 0 Å². The van der Waals surface area contributed by atoms with Gasteiger partial charge in [-0.25, -0.2) is 0 Å². The Kier molecular flexibility index (Phi) is 1.37. The molecular formula is C9H15O2. The van der Waals surface area contributed by atoms with Gasteiger partial charge in [0, 0.05) is 0 Å². The summed E-state index contributed by atoms with van der Waals surface area (Å²) in [6.07, 6.45) is 0.934. The normalized spacial score (nSPS) is 53.5. The molecule has 2 bridgehead atoms. The van der Waals surface area contributed by atoms with Crippen LogP contribution in [-0.4, -0.2) is 22.4 Å². The molecule has 1 radical (unpaired) electrons. The molecule has 11 heavy (non-hydrogen) atoms. The van der Waals surface area contributed by atoms with Gasteiger partial charge >= 0.3 is 0 Å². The van der Waals surface area contributed by atoms with Crippen molar-refractivity contribution in [3.05, 3.63) is 6.92 Å². The molecule has 0 aromatic rings. The summed E-state index contributed by atoms with van der Waals surface area (Å²) in [5.74, 6) is 0.528. The van der Waals surface area contributed by atoms with Crippen molar-refractivity contribution in [2.75, 3.05) is 0 Å². The van der Waals surface area contributed by atoms with Crippen LogP contribution in [0.4, 0.5) is 0 Å². The molecule has 0 aromatic heterocycles. The molecule has 2 fully saturated rings. The van der Waals surface area contributed by atoms with Gasteiger partial charge in [0.05, 0.1) is 12.2 Å². The molecule has 2 aliphatic rings. The van der Waals surface area contributed by atoms with Crippen LogP contribution < -0.4 is 0 Å². The quantitative estimate of drug-likeness (QED) is 0.537. The van der Waals surface area contributed by atoms with Crippen LogP contribution >= 0.6 is 0 Å². The molecule has 2 N–H and O–H groups in total. The average Bonchev–Trinajstić information content (AvgIpc) is 2.31. The van der Waals surface area contributed by atoms with Gasteiger partial charge in [-0.15, -0.1) is 0 Å². The van der Waals surface area contributed by atoms with E-state index in [0.29, 0.717) is 5.92 Å². The minimum Gasteiger partial charge on any atom is -0.390 e. The number of hydrogen-bond acceptors (Lipinski definition) is 2. The molecule has 0 aliphatic heterocycles. The number of rotatable bonds is 0. The van der Waals surface area contributed by atoms with Crippen molar-refractivity contribution in [3.63, 3.8) is 0 Å². The lowest BCUT2D eigenvalue weighted by molar-refractivity contribution is -0.0477. The molecule has 0 heterocycles. The van der Waals surface area contributed by atoms with Gasteiger partial charge in [-0.05, 0) is 37.0 Å². The van der Waals surface area contributed by atoms with Crippen LogP contribution in [0, 0.1) is 24.2 Å². The summed E-state index contributed by atoms with van der Waals surface area (Å²) in [4.78, 5) is 0. The summed E-state index contributed by atoms with van der Waals surface area (Å²) in [6.45, 7) is 6.14. The maximum Gasteiger partial charge on any atom is 0.0835 e. The highest BCUT2D eigenvalue weighted by Gasteiger charge is 2.55. The molecule has 2 saturated carbocycles. The second-order valence-electron chi connectivity index (χ2n) is 4.44. The summed E-state index contributed by atoms with van der Waals surface area (Å²) >= 11 is 0. The van der Waals surface area contributed by atoms with Gasteiger partial charge in [-0.2, -0.15) is 0 Å². The number of aliphatic hydroxyl groups excluding tert-OH is 2. The Bertz CT molecular complexity index is 174. The van der Waals surface area contributed by atoms with E-state index in [1.807, 2.05) is 0 Å². The SMILES string of the molecule is [CH2]C1(C)CC2CC1C(O)C2O. The van der Waals surface area contributed by atoms with E-state index in [-0.39, 0.29) is 11.3 Å². The summed E-state index contributed by atoms with van der Waals surface area (Å²) in [7, 11) is 0. The zero-order valence-corrected chi connectivity index (χ0v) is 6.83. The summed E-state index contributed by atoms with van der Waals surface area (Å²) in [6, 6.07) is 0. The fourth-order valence-corrected chi connectivity index (χ4v) is 2.77. The molecule has 63 valence electrons. The van der Waals surface area contributed by atoms with Crippen molar-refractivity contribution in [1.29, 1.82) is 0 Å². The van der Waals surface area contributed by atoms with Crippen molar-refractivity contribution in [2.24, 2.45) is 17.3 Å². The van der Waals surface area contributed by atoms with Gasteiger partial charge in [0.1, 0.15) is 0 Å². The Labute approximate surface area is 67.2 Å². The van der Waals surface area contributed by atoms with Crippen molar-refractivity contribution >= 4 is 0 Å². The zero-order chi connectivity index (χ0) is 8.22. The number of fused-ring (bicyclic) bond motifs is 2. The van der Waals surface area contributed by atoms with Crippen molar-refractivity contribution in [1.82, 2.24) is 0 Å². The van der Waals surface area contributed by atoms with Crippen molar-refractivity contribution in [3.8, 4) is 0 Å². The number of hydrogen-bond donors (Lipinski definition) is 2. The standard InChI is InChI=1S/C9H15O2/c1-9(2)4-5-3-6(9)8(11)7(5)10/h5-8,10-11H,1,3-4H2,2H3. The van der Waals surface area contributed by atoms with Crippen LogP contribution in [0.2, 0.25) is 0 Å². The first kappa shape index (κ1) is 7.56. The van der Waals surface area contributed by atoms with E-state index >= 15 is 0 Å². The van der Waals surface area contributed by atoms with E-state index in [9.17, 15) is 10.2 Å². The fraction of sp³-hybridized carbons (Fsp3) is 0.889. The Morgan fingerprint density at radius 2 is 2.00 bits per heavy atom. The van der Waals surface area contributed by atoms with E-state index in [1.54, 1.807) is 0 Å². The van der Waals surface area contributed by atoms with Crippen LogP contribution in [0.3, 0.4) is 0 Å². The molecule has 2 nitrogen and oxygen atoms in total. The van der Waals surface area contributed by atoms with Crippen LogP contribution in [0.15, 0.2) is 0 Å². The highest BCUT2D eigenvalue weighted by molar-refractivity contribution is 5.07. The maximum atomic E-state index is 9.53. The highest BCUT2D eigenvalue weighted by atomic mass is 16.3. The fourth-order valence-electron chi connectivity index (χ4n) is 2.77. The lowest BCUT2D eigenvalue weighted by Gasteiger charge is -2.35. The second-order valence-corrected chi connectivity index (χ2v) is 4.44. The Balaban J connectivity index is 2.23. The van der Waals surface area contributed by atoms with E-state index in [1.165, 1.54) is 0 Å². The lowest BCUT2D eigenvalue weighted by Crippen LogP contribution is -2.40. The Morgan fingerprint density at radius 3 is 2.36 bits per heavy atom.